The molecule has 1 aliphatic carbocycles. The summed E-state index contributed by atoms with van der Waals surface area (Å²) < 4.78 is 1.61. The molecule has 178 valence electrons. The zero-order valence-corrected chi connectivity index (χ0v) is 21.6. The quantitative estimate of drug-likeness (QED) is 0.143. The number of para-hydroxylation sites is 1. The summed E-state index contributed by atoms with van der Waals surface area (Å²) in [6.45, 7) is 0. The lowest BCUT2D eigenvalue weighted by molar-refractivity contribution is -0.118. The van der Waals surface area contributed by atoms with Crippen molar-refractivity contribution in [2.75, 3.05) is 5.75 Å². The number of hydrazone groups is 1. The molecule has 6 nitrogen and oxygen atoms in total. The second kappa shape index (κ2) is 10.5. The van der Waals surface area contributed by atoms with Crippen molar-refractivity contribution in [1.82, 2.24) is 15.0 Å². The van der Waals surface area contributed by atoms with Crippen molar-refractivity contribution in [2.45, 2.75) is 30.8 Å². The largest absolute Gasteiger partial charge is 0.272 e. The van der Waals surface area contributed by atoms with Crippen molar-refractivity contribution in [2.24, 2.45) is 5.10 Å². The van der Waals surface area contributed by atoms with Crippen LogP contribution in [0.15, 0.2) is 63.6 Å². The maximum atomic E-state index is 13.7. The van der Waals surface area contributed by atoms with Crippen LogP contribution >= 0.6 is 46.3 Å². The summed E-state index contributed by atoms with van der Waals surface area (Å²) in [6.07, 6.45) is 5.55. The van der Waals surface area contributed by atoms with Crippen molar-refractivity contribution in [1.29, 1.82) is 0 Å². The lowest BCUT2D eigenvalue weighted by atomic mass is 9.97. The zero-order valence-electron chi connectivity index (χ0n) is 18.5. The SMILES string of the molecule is O=C(CSc1nc2sc3c(c2c(=O)n1-c1ccccc1)CCCC3)NN=Cc1cccc(Cl)c1Cl. The standard InChI is InChI=1S/C25H20Cl2N4O2S2/c26-18-11-6-7-15(22(18)27)13-28-30-20(32)14-34-25-29-23-21(17-10-4-5-12-19(17)35-23)24(33)31(25)16-8-2-1-3-9-16/h1-3,6-9,11,13H,4-5,10,12,14H2,(H,30,32). The van der Waals surface area contributed by atoms with Gasteiger partial charge in [-0.1, -0.05) is 65.3 Å². The molecule has 0 unspecified atom stereocenters. The highest BCUT2D eigenvalue weighted by atomic mass is 35.5. The van der Waals surface area contributed by atoms with E-state index in [1.807, 2.05) is 30.3 Å². The lowest BCUT2D eigenvalue weighted by Gasteiger charge is -2.13. The number of nitrogens with one attached hydrogen (secondary N) is 1. The molecule has 2 aromatic carbocycles. The minimum Gasteiger partial charge on any atom is -0.272 e. The highest BCUT2D eigenvalue weighted by Crippen LogP contribution is 2.35. The van der Waals surface area contributed by atoms with Crippen LogP contribution in [-0.4, -0.2) is 27.4 Å². The van der Waals surface area contributed by atoms with E-state index in [2.05, 4.69) is 10.5 Å². The first kappa shape index (κ1) is 24.1. The van der Waals surface area contributed by atoms with Crippen LogP contribution in [0, 0.1) is 0 Å². The third-order valence-corrected chi connectivity index (χ3v) is 8.64. The molecule has 2 heterocycles. The summed E-state index contributed by atoms with van der Waals surface area (Å²) >= 11 is 15.0. The third-order valence-electron chi connectivity index (χ3n) is 5.68. The zero-order chi connectivity index (χ0) is 24.4. The third kappa shape index (κ3) is 5.02. The molecule has 0 bridgehead atoms. The van der Waals surface area contributed by atoms with Crippen LogP contribution in [0.25, 0.3) is 15.9 Å². The predicted molar refractivity (Wildman–Crippen MR) is 145 cm³/mol. The van der Waals surface area contributed by atoms with Gasteiger partial charge in [0.15, 0.2) is 5.16 Å². The number of carbonyl (C=O) groups is 1. The normalized spacial score (nSPS) is 13.3. The van der Waals surface area contributed by atoms with Crippen LogP contribution in [0.1, 0.15) is 28.8 Å². The smallest absolute Gasteiger partial charge is 0.267 e. The molecule has 10 heteroatoms. The summed E-state index contributed by atoms with van der Waals surface area (Å²) in [5.41, 5.74) is 4.87. The first-order valence-electron chi connectivity index (χ1n) is 11.0. The van der Waals surface area contributed by atoms with Crippen molar-refractivity contribution in [3.05, 3.63) is 84.9 Å². The maximum absolute atomic E-state index is 13.7. The van der Waals surface area contributed by atoms with E-state index in [0.29, 0.717) is 26.2 Å². The summed E-state index contributed by atoms with van der Waals surface area (Å²) in [7, 11) is 0. The van der Waals surface area contributed by atoms with Crippen LogP contribution in [0.4, 0.5) is 0 Å². The van der Waals surface area contributed by atoms with Crippen LogP contribution in [0.5, 0.6) is 0 Å². The molecule has 0 saturated heterocycles. The molecule has 5 rings (SSSR count). The molecule has 2 aromatic heterocycles. The molecule has 0 spiro atoms. The van der Waals surface area contributed by atoms with E-state index in [1.54, 1.807) is 34.1 Å². The molecule has 1 amide bonds. The van der Waals surface area contributed by atoms with Crippen LogP contribution in [-0.2, 0) is 17.6 Å². The number of fused-ring (bicyclic) bond motifs is 3. The Hall–Kier alpha value is -2.65. The number of rotatable bonds is 6. The number of halogens is 2. The highest BCUT2D eigenvalue weighted by Gasteiger charge is 2.23. The van der Waals surface area contributed by atoms with Crippen LogP contribution in [0.3, 0.4) is 0 Å². The summed E-state index contributed by atoms with van der Waals surface area (Å²) in [5.74, 6) is -0.292. The molecule has 1 N–H and O–H groups in total. The van der Waals surface area contributed by atoms with Crippen molar-refractivity contribution < 1.29 is 4.79 Å². The predicted octanol–water partition coefficient (Wildman–Crippen LogP) is 5.88. The molecule has 0 aliphatic heterocycles. The van der Waals surface area contributed by atoms with E-state index < -0.39 is 0 Å². The van der Waals surface area contributed by atoms with Gasteiger partial charge in [0.1, 0.15) is 4.83 Å². The van der Waals surface area contributed by atoms with Crippen molar-refractivity contribution in [3.8, 4) is 5.69 Å². The van der Waals surface area contributed by atoms with E-state index in [4.69, 9.17) is 28.2 Å². The number of carbonyl (C=O) groups excluding carboxylic acids is 1. The van der Waals surface area contributed by atoms with Gasteiger partial charge >= 0.3 is 0 Å². The van der Waals surface area contributed by atoms with Gasteiger partial charge in [-0.15, -0.1) is 11.3 Å². The number of hydrogen-bond donors (Lipinski definition) is 1. The topological polar surface area (TPSA) is 76.3 Å². The maximum Gasteiger partial charge on any atom is 0.267 e. The van der Waals surface area contributed by atoms with Gasteiger partial charge in [0.05, 0.1) is 33.1 Å². The molecular weight excluding hydrogens is 523 g/mol. The fourth-order valence-electron chi connectivity index (χ4n) is 4.04. The summed E-state index contributed by atoms with van der Waals surface area (Å²) in [6, 6.07) is 14.6. The number of amides is 1. The molecule has 0 atom stereocenters. The second-order valence-electron chi connectivity index (χ2n) is 7.99. The Labute approximate surface area is 220 Å². The molecule has 0 saturated carbocycles. The van der Waals surface area contributed by atoms with Crippen LogP contribution in [0.2, 0.25) is 10.0 Å². The number of hydrogen-bond acceptors (Lipinski definition) is 6. The highest BCUT2D eigenvalue weighted by molar-refractivity contribution is 7.99. The number of nitrogens with zero attached hydrogens (tertiary/aromatic N) is 3. The van der Waals surface area contributed by atoms with E-state index >= 15 is 0 Å². The Bertz CT molecular complexity index is 1500. The average molecular weight is 544 g/mol. The Morgan fingerprint density at radius 1 is 1.14 bits per heavy atom. The molecule has 4 aromatic rings. The minimum absolute atomic E-state index is 0.0382. The van der Waals surface area contributed by atoms with E-state index in [1.165, 1.54) is 22.9 Å². The second-order valence-corrected chi connectivity index (χ2v) is 10.8. The van der Waals surface area contributed by atoms with Gasteiger partial charge in [0, 0.05) is 10.4 Å². The van der Waals surface area contributed by atoms with Gasteiger partial charge in [-0.2, -0.15) is 5.10 Å². The number of thiophene rings is 1. The lowest BCUT2D eigenvalue weighted by Crippen LogP contribution is -2.24. The Balaban J connectivity index is 1.41. The van der Waals surface area contributed by atoms with E-state index in [9.17, 15) is 9.59 Å². The van der Waals surface area contributed by atoms with Gasteiger partial charge in [-0.05, 0) is 49.4 Å². The number of aromatic nitrogens is 2. The number of thioether (sulfide) groups is 1. The Kier molecular flexibility index (Phi) is 7.24. The Morgan fingerprint density at radius 3 is 2.77 bits per heavy atom. The fraction of sp³-hybridized carbons (Fsp3) is 0.200. The number of aryl methyl sites for hydroxylation is 2. The minimum atomic E-state index is -0.330. The van der Waals surface area contributed by atoms with Gasteiger partial charge in [-0.3, -0.25) is 14.2 Å². The van der Waals surface area contributed by atoms with Crippen LogP contribution < -0.4 is 11.0 Å². The monoisotopic (exact) mass is 542 g/mol. The van der Waals surface area contributed by atoms with Crippen molar-refractivity contribution >= 4 is 68.6 Å². The first-order chi connectivity index (χ1) is 17.0. The number of benzene rings is 2. The summed E-state index contributed by atoms with van der Waals surface area (Å²) in [4.78, 5) is 33.0. The van der Waals surface area contributed by atoms with E-state index in [0.717, 1.165) is 41.8 Å². The van der Waals surface area contributed by atoms with Gasteiger partial charge in [0.25, 0.3) is 11.5 Å². The Morgan fingerprint density at radius 2 is 1.94 bits per heavy atom. The van der Waals surface area contributed by atoms with Gasteiger partial charge in [-0.25, -0.2) is 10.4 Å². The van der Waals surface area contributed by atoms with Gasteiger partial charge < -0.3 is 0 Å². The fourth-order valence-corrected chi connectivity index (χ4v) is 6.51. The van der Waals surface area contributed by atoms with Crippen molar-refractivity contribution in [3.63, 3.8) is 0 Å². The summed E-state index contributed by atoms with van der Waals surface area (Å²) in [5, 5.41) is 5.95. The molecule has 0 fully saturated rings. The van der Waals surface area contributed by atoms with Gasteiger partial charge in [0.2, 0.25) is 0 Å². The molecule has 0 radical (unpaired) electrons. The first-order valence-corrected chi connectivity index (χ1v) is 13.6. The average Bonchev–Trinajstić information content (AvgIpc) is 3.24. The molecule has 35 heavy (non-hydrogen) atoms. The molecule has 1 aliphatic rings. The molecular formula is C25H20Cl2N4O2S2. The van der Waals surface area contributed by atoms with E-state index in [-0.39, 0.29) is 17.2 Å².